The molecule has 4 aromatic rings. The first-order valence-electron chi connectivity index (χ1n) is 12.2. The summed E-state index contributed by atoms with van der Waals surface area (Å²) in [5.74, 6) is 0.180. The van der Waals surface area contributed by atoms with Crippen LogP contribution in [0.2, 0.25) is 10.0 Å². The zero-order chi connectivity index (χ0) is 27.6. The van der Waals surface area contributed by atoms with Crippen molar-refractivity contribution in [1.82, 2.24) is 19.1 Å². The van der Waals surface area contributed by atoms with Gasteiger partial charge in [0.25, 0.3) is 0 Å². The third-order valence-electron chi connectivity index (χ3n) is 6.32. The smallest absolute Gasteiger partial charge is 0.243 e. The molecule has 1 amide bonds. The van der Waals surface area contributed by atoms with Crippen LogP contribution in [0.15, 0.2) is 76.8 Å². The highest BCUT2D eigenvalue weighted by Gasteiger charge is 2.28. The molecule has 39 heavy (non-hydrogen) atoms. The van der Waals surface area contributed by atoms with Crippen molar-refractivity contribution in [3.8, 4) is 17.1 Å². The monoisotopic (exact) mass is 601 g/mol. The molecule has 0 aliphatic carbocycles. The third kappa shape index (κ3) is 5.85. The van der Waals surface area contributed by atoms with E-state index >= 15 is 0 Å². The van der Waals surface area contributed by atoms with E-state index in [4.69, 9.17) is 23.2 Å². The van der Waals surface area contributed by atoms with Crippen molar-refractivity contribution < 1.29 is 13.2 Å². The van der Waals surface area contributed by atoms with Gasteiger partial charge >= 0.3 is 0 Å². The second-order valence-electron chi connectivity index (χ2n) is 9.01. The Hall–Kier alpha value is -2.89. The standard InChI is InChI=1S/C27H25Cl2N5O3S2/c1-18-12-13-22(28)25(24(18)29)30-23(35)17-38-27-32-31-26(34(27)20-9-3-2-4-10-20)19-8-7-11-21(16-19)39(36,37)33-14-5-6-15-33/h2-4,7-13,16H,5-6,14-15,17H2,1H3,(H,30,35). The Balaban J connectivity index is 1.44. The number of sulfonamides is 1. The van der Waals surface area contributed by atoms with Crippen molar-refractivity contribution in [2.75, 3.05) is 24.2 Å². The van der Waals surface area contributed by atoms with Crippen LogP contribution in [0.3, 0.4) is 0 Å². The van der Waals surface area contributed by atoms with Gasteiger partial charge in [-0.25, -0.2) is 8.42 Å². The minimum atomic E-state index is -3.61. The van der Waals surface area contributed by atoms with Crippen LogP contribution in [0.4, 0.5) is 5.69 Å². The molecule has 0 atom stereocenters. The molecule has 202 valence electrons. The summed E-state index contributed by atoms with van der Waals surface area (Å²) >= 11 is 13.8. The van der Waals surface area contributed by atoms with E-state index in [9.17, 15) is 13.2 Å². The number of halogens is 2. The highest BCUT2D eigenvalue weighted by molar-refractivity contribution is 7.99. The average Bonchev–Trinajstić information content (AvgIpc) is 3.64. The van der Waals surface area contributed by atoms with Crippen molar-refractivity contribution in [2.24, 2.45) is 0 Å². The summed E-state index contributed by atoms with van der Waals surface area (Å²) in [6.45, 7) is 2.88. The number of nitrogens with one attached hydrogen (secondary N) is 1. The number of hydrogen-bond donors (Lipinski definition) is 1. The first-order chi connectivity index (χ1) is 18.8. The quantitative estimate of drug-likeness (QED) is 0.246. The van der Waals surface area contributed by atoms with E-state index < -0.39 is 10.0 Å². The lowest BCUT2D eigenvalue weighted by molar-refractivity contribution is -0.113. The Morgan fingerprint density at radius 3 is 2.49 bits per heavy atom. The van der Waals surface area contributed by atoms with Gasteiger partial charge in [-0.15, -0.1) is 10.2 Å². The first kappa shape index (κ1) is 27.7. The van der Waals surface area contributed by atoms with E-state index in [0.29, 0.717) is 45.4 Å². The van der Waals surface area contributed by atoms with E-state index in [0.717, 1.165) is 24.1 Å². The molecule has 1 aliphatic heterocycles. The minimum absolute atomic E-state index is 0.0228. The summed E-state index contributed by atoms with van der Waals surface area (Å²) in [5, 5.41) is 12.7. The minimum Gasteiger partial charge on any atom is -0.323 e. The Bertz CT molecular complexity index is 1620. The maximum Gasteiger partial charge on any atom is 0.243 e. The largest absolute Gasteiger partial charge is 0.323 e. The van der Waals surface area contributed by atoms with Gasteiger partial charge in [-0.1, -0.05) is 71.4 Å². The number of rotatable bonds is 8. The number of anilines is 1. The molecule has 0 saturated carbocycles. The van der Waals surface area contributed by atoms with Gasteiger partial charge in [0.05, 0.1) is 26.4 Å². The van der Waals surface area contributed by atoms with Gasteiger partial charge in [0.1, 0.15) is 0 Å². The van der Waals surface area contributed by atoms with E-state index in [1.807, 2.05) is 41.8 Å². The summed E-state index contributed by atoms with van der Waals surface area (Å²) in [4.78, 5) is 13.0. The van der Waals surface area contributed by atoms with Gasteiger partial charge in [0.2, 0.25) is 15.9 Å². The molecular formula is C27H25Cl2N5O3S2. The van der Waals surface area contributed by atoms with Gasteiger partial charge in [-0.3, -0.25) is 9.36 Å². The van der Waals surface area contributed by atoms with Crippen LogP contribution < -0.4 is 5.32 Å². The predicted octanol–water partition coefficient (Wildman–Crippen LogP) is 6.06. The van der Waals surface area contributed by atoms with Crippen molar-refractivity contribution in [3.63, 3.8) is 0 Å². The number of aromatic nitrogens is 3. The van der Waals surface area contributed by atoms with Gasteiger partial charge in [-0.05, 0) is 55.7 Å². The molecule has 1 aliphatic rings. The zero-order valence-corrected chi connectivity index (χ0v) is 24.1. The number of para-hydroxylation sites is 1. The highest BCUT2D eigenvalue weighted by Crippen LogP contribution is 2.34. The molecule has 8 nitrogen and oxygen atoms in total. The fourth-order valence-corrected chi connectivity index (χ4v) is 7.09. The SMILES string of the molecule is Cc1ccc(Cl)c(NC(=O)CSc2nnc(-c3cccc(S(=O)(=O)N4CCCC4)c3)n2-c2ccccc2)c1Cl. The first-order valence-corrected chi connectivity index (χ1v) is 15.4. The molecule has 3 aromatic carbocycles. The average molecular weight is 603 g/mol. The van der Waals surface area contributed by atoms with Crippen LogP contribution in [0.25, 0.3) is 17.1 Å². The third-order valence-corrected chi connectivity index (χ3v) is 9.95. The molecule has 1 fully saturated rings. The number of hydrogen-bond acceptors (Lipinski definition) is 6. The molecule has 12 heteroatoms. The molecule has 2 heterocycles. The number of carbonyl (C=O) groups excluding carboxylic acids is 1. The molecule has 1 N–H and O–H groups in total. The summed E-state index contributed by atoms with van der Waals surface area (Å²) in [6, 6.07) is 19.7. The maximum atomic E-state index is 13.2. The predicted molar refractivity (Wildman–Crippen MR) is 155 cm³/mol. The van der Waals surface area contributed by atoms with Crippen LogP contribution in [-0.4, -0.2) is 52.2 Å². The lowest BCUT2D eigenvalue weighted by Crippen LogP contribution is -2.27. The number of amides is 1. The molecule has 1 aromatic heterocycles. The second kappa shape index (κ2) is 11.7. The molecular weight excluding hydrogens is 577 g/mol. The molecule has 1 saturated heterocycles. The van der Waals surface area contributed by atoms with Gasteiger partial charge in [-0.2, -0.15) is 4.31 Å². The van der Waals surface area contributed by atoms with Crippen molar-refractivity contribution >= 4 is 56.6 Å². The molecule has 0 radical (unpaired) electrons. The van der Waals surface area contributed by atoms with Gasteiger partial charge in [0, 0.05) is 24.3 Å². The van der Waals surface area contributed by atoms with E-state index in [2.05, 4.69) is 15.5 Å². The number of nitrogens with zero attached hydrogens (tertiary/aromatic N) is 4. The Morgan fingerprint density at radius 1 is 1.00 bits per heavy atom. The van der Waals surface area contributed by atoms with Crippen LogP contribution in [-0.2, 0) is 14.8 Å². The topological polar surface area (TPSA) is 97.2 Å². The summed E-state index contributed by atoms with van der Waals surface area (Å²) in [7, 11) is -3.61. The fraction of sp³-hybridized carbons (Fsp3) is 0.222. The van der Waals surface area contributed by atoms with Crippen LogP contribution in [0.1, 0.15) is 18.4 Å². The summed E-state index contributed by atoms with van der Waals surface area (Å²) in [6.07, 6.45) is 1.72. The molecule has 0 unspecified atom stereocenters. The van der Waals surface area contributed by atoms with E-state index in [-0.39, 0.29) is 16.6 Å². The number of aryl methyl sites for hydroxylation is 1. The summed E-state index contributed by atoms with van der Waals surface area (Å²) in [5.41, 5.74) is 2.54. The highest BCUT2D eigenvalue weighted by atomic mass is 35.5. The van der Waals surface area contributed by atoms with Gasteiger partial charge in [0.15, 0.2) is 11.0 Å². The molecule has 0 spiro atoms. The normalized spacial score (nSPS) is 14.0. The lowest BCUT2D eigenvalue weighted by atomic mass is 10.2. The Morgan fingerprint density at radius 2 is 1.74 bits per heavy atom. The van der Waals surface area contributed by atoms with Crippen molar-refractivity contribution in [3.05, 3.63) is 82.3 Å². The number of carbonyl (C=O) groups is 1. The van der Waals surface area contributed by atoms with Crippen LogP contribution in [0, 0.1) is 6.92 Å². The van der Waals surface area contributed by atoms with Crippen LogP contribution >= 0.6 is 35.0 Å². The maximum absolute atomic E-state index is 13.2. The van der Waals surface area contributed by atoms with E-state index in [1.165, 1.54) is 16.1 Å². The lowest BCUT2D eigenvalue weighted by Gasteiger charge is -2.16. The second-order valence-corrected chi connectivity index (χ2v) is 12.7. The Labute approximate surface area is 241 Å². The molecule has 5 rings (SSSR count). The van der Waals surface area contributed by atoms with Crippen molar-refractivity contribution in [1.29, 1.82) is 0 Å². The molecule has 0 bridgehead atoms. The Kier molecular flexibility index (Phi) is 8.29. The summed E-state index contributed by atoms with van der Waals surface area (Å²) < 4.78 is 29.7. The fourth-order valence-electron chi connectivity index (χ4n) is 4.31. The van der Waals surface area contributed by atoms with Crippen LogP contribution in [0.5, 0.6) is 0 Å². The number of thioether (sulfide) groups is 1. The number of benzene rings is 3. The van der Waals surface area contributed by atoms with Gasteiger partial charge < -0.3 is 5.32 Å². The zero-order valence-electron chi connectivity index (χ0n) is 21.0. The van der Waals surface area contributed by atoms with E-state index in [1.54, 1.807) is 36.4 Å². The van der Waals surface area contributed by atoms with Crippen molar-refractivity contribution in [2.45, 2.75) is 29.8 Å².